The number of aromatic hydroxyl groups is 1. The molecule has 1 rings (SSSR count). The van der Waals surface area contributed by atoms with E-state index in [9.17, 15) is 9.90 Å². The molecular weight excluding hydrogens is 176 g/mol. The predicted octanol–water partition coefficient (Wildman–Crippen LogP) is 1.87. The normalized spacial score (nSPS) is 9.75. The van der Waals surface area contributed by atoms with Crippen molar-refractivity contribution in [1.29, 1.82) is 0 Å². The van der Waals surface area contributed by atoms with Crippen molar-refractivity contribution in [3.8, 4) is 5.75 Å². The van der Waals surface area contributed by atoms with Crippen LogP contribution in [0.4, 0.5) is 0 Å². The third-order valence-corrected chi connectivity index (χ3v) is 1.91. The SMILES string of the molecule is O=CCc1cc(CCl)ccc1O. The molecule has 0 fully saturated rings. The number of carbonyl (C=O) groups is 1. The van der Waals surface area contributed by atoms with E-state index in [0.717, 1.165) is 11.8 Å². The number of aldehydes is 1. The quantitative estimate of drug-likeness (QED) is 0.575. The fraction of sp³-hybridized carbons (Fsp3) is 0.222. The minimum atomic E-state index is 0.149. The lowest BCUT2D eigenvalue weighted by Gasteiger charge is -2.01. The molecule has 2 nitrogen and oxygen atoms in total. The highest BCUT2D eigenvalue weighted by Gasteiger charge is 2.00. The Morgan fingerprint density at radius 2 is 2.25 bits per heavy atom. The van der Waals surface area contributed by atoms with Crippen LogP contribution in [0.15, 0.2) is 18.2 Å². The van der Waals surface area contributed by atoms with Crippen molar-refractivity contribution >= 4 is 17.9 Å². The highest BCUT2D eigenvalue weighted by atomic mass is 35.5. The van der Waals surface area contributed by atoms with E-state index in [1.165, 1.54) is 0 Å². The van der Waals surface area contributed by atoms with Gasteiger partial charge in [-0.25, -0.2) is 0 Å². The van der Waals surface area contributed by atoms with Crippen LogP contribution in [0.25, 0.3) is 0 Å². The Balaban J connectivity index is 2.99. The van der Waals surface area contributed by atoms with Crippen molar-refractivity contribution < 1.29 is 9.90 Å². The molecule has 1 N–H and O–H groups in total. The third-order valence-electron chi connectivity index (χ3n) is 1.60. The van der Waals surface area contributed by atoms with Crippen LogP contribution in [0.3, 0.4) is 0 Å². The van der Waals surface area contributed by atoms with Crippen molar-refractivity contribution in [1.82, 2.24) is 0 Å². The van der Waals surface area contributed by atoms with Crippen LogP contribution in [-0.4, -0.2) is 11.4 Å². The Kier molecular flexibility index (Phi) is 3.11. The topological polar surface area (TPSA) is 37.3 Å². The number of halogens is 1. The summed E-state index contributed by atoms with van der Waals surface area (Å²) in [6, 6.07) is 5.02. The van der Waals surface area contributed by atoms with E-state index in [1.807, 2.05) is 0 Å². The van der Waals surface area contributed by atoms with E-state index in [4.69, 9.17) is 11.6 Å². The van der Waals surface area contributed by atoms with E-state index in [-0.39, 0.29) is 12.2 Å². The lowest BCUT2D eigenvalue weighted by atomic mass is 10.1. The molecule has 64 valence electrons. The maximum Gasteiger partial charge on any atom is 0.124 e. The molecule has 0 radical (unpaired) electrons. The van der Waals surface area contributed by atoms with Crippen molar-refractivity contribution in [2.75, 3.05) is 0 Å². The second kappa shape index (κ2) is 4.12. The lowest BCUT2D eigenvalue weighted by Crippen LogP contribution is -1.88. The molecule has 0 unspecified atom stereocenters. The zero-order valence-electron chi connectivity index (χ0n) is 6.46. The predicted molar refractivity (Wildman–Crippen MR) is 47.4 cm³/mol. The van der Waals surface area contributed by atoms with E-state index >= 15 is 0 Å². The highest BCUT2D eigenvalue weighted by Crippen LogP contribution is 2.19. The molecule has 0 saturated heterocycles. The maximum atomic E-state index is 10.2. The molecule has 3 heteroatoms. The first-order chi connectivity index (χ1) is 5.77. The molecule has 1 aromatic rings. The number of hydrogen-bond donors (Lipinski definition) is 1. The summed E-state index contributed by atoms with van der Waals surface area (Å²) in [4.78, 5) is 10.2. The molecule has 0 heterocycles. The first-order valence-electron chi connectivity index (χ1n) is 3.58. The number of phenolic OH excluding ortho intramolecular Hbond substituents is 1. The zero-order chi connectivity index (χ0) is 8.97. The van der Waals surface area contributed by atoms with Crippen molar-refractivity contribution in [3.05, 3.63) is 29.3 Å². The molecule has 0 aromatic heterocycles. The van der Waals surface area contributed by atoms with Crippen LogP contribution < -0.4 is 0 Å². The van der Waals surface area contributed by atoms with E-state index < -0.39 is 0 Å². The summed E-state index contributed by atoms with van der Waals surface area (Å²) in [5, 5.41) is 9.26. The summed E-state index contributed by atoms with van der Waals surface area (Å²) < 4.78 is 0. The average Bonchev–Trinajstić information content (AvgIpc) is 2.09. The van der Waals surface area contributed by atoms with Gasteiger partial charge in [-0.3, -0.25) is 0 Å². The van der Waals surface area contributed by atoms with Gasteiger partial charge >= 0.3 is 0 Å². The highest BCUT2D eigenvalue weighted by molar-refractivity contribution is 6.17. The van der Waals surface area contributed by atoms with E-state index in [2.05, 4.69) is 0 Å². The molecule has 0 aliphatic heterocycles. The van der Waals surface area contributed by atoms with Crippen LogP contribution in [0, 0.1) is 0 Å². The Hall–Kier alpha value is -1.02. The number of alkyl halides is 1. The van der Waals surface area contributed by atoms with E-state index in [1.54, 1.807) is 18.2 Å². The number of carbonyl (C=O) groups excluding carboxylic acids is 1. The summed E-state index contributed by atoms with van der Waals surface area (Å²) in [6.07, 6.45) is 0.990. The Morgan fingerprint density at radius 3 is 2.83 bits per heavy atom. The molecule has 0 saturated carbocycles. The Bertz CT molecular complexity index is 284. The van der Waals surface area contributed by atoms with Gasteiger partial charge in [-0.1, -0.05) is 12.1 Å². The van der Waals surface area contributed by atoms with Gasteiger partial charge in [-0.2, -0.15) is 0 Å². The Labute approximate surface area is 75.8 Å². The summed E-state index contributed by atoms with van der Waals surface area (Å²) in [5.41, 5.74) is 1.54. The summed E-state index contributed by atoms with van der Waals surface area (Å²) in [7, 11) is 0. The fourth-order valence-corrected chi connectivity index (χ4v) is 1.14. The van der Waals surface area contributed by atoms with Gasteiger partial charge in [-0.05, 0) is 11.6 Å². The minimum absolute atomic E-state index is 0.149. The smallest absolute Gasteiger partial charge is 0.124 e. The monoisotopic (exact) mass is 184 g/mol. The van der Waals surface area contributed by atoms with Crippen LogP contribution >= 0.6 is 11.6 Å². The first kappa shape index (κ1) is 9.07. The van der Waals surface area contributed by atoms with Crippen molar-refractivity contribution in [2.45, 2.75) is 12.3 Å². The molecule has 0 atom stereocenters. The van der Waals surface area contributed by atoms with Gasteiger partial charge in [0.05, 0.1) is 0 Å². The second-order valence-electron chi connectivity index (χ2n) is 2.47. The van der Waals surface area contributed by atoms with Crippen LogP contribution in [0.2, 0.25) is 0 Å². The molecule has 0 amide bonds. The van der Waals surface area contributed by atoms with Gasteiger partial charge in [-0.15, -0.1) is 11.6 Å². The van der Waals surface area contributed by atoms with Crippen molar-refractivity contribution in [2.24, 2.45) is 0 Å². The maximum absolute atomic E-state index is 10.2. The van der Waals surface area contributed by atoms with Crippen LogP contribution in [-0.2, 0) is 17.1 Å². The van der Waals surface area contributed by atoms with Gasteiger partial charge in [0.15, 0.2) is 0 Å². The van der Waals surface area contributed by atoms with Gasteiger partial charge in [0, 0.05) is 17.9 Å². The van der Waals surface area contributed by atoms with Gasteiger partial charge in [0.25, 0.3) is 0 Å². The molecule has 0 spiro atoms. The van der Waals surface area contributed by atoms with Crippen molar-refractivity contribution in [3.63, 3.8) is 0 Å². The number of benzene rings is 1. The molecular formula is C9H9ClO2. The Morgan fingerprint density at radius 1 is 1.50 bits per heavy atom. The number of hydrogen-bond acceptors (Lipinski definition) is 2. The lowest BCUT2D eigenvalue weighted by molar-refractivity contribution is -0.107. The van der Waals surface area contributed by atoms with Crippen LogP contribution in [0.1, 0.15) is 11.1 Å². The molecule has 0 aliphatic carbocycles. The summed E-state index contributed by atoms with van der Waals surface area (Å²) >= 11 is 5.58. The second-order valence-corrected chi connectivity index (χ2v) is 2.73. The van der Waals surface area contributed by atoms with E-state index in [0.29, 0.717) is 11.4 Å². The standard InChI is InChI=1S/C9H9ClO2/c10-6-7-1-2-9(12)8(5-7)3-4-11/h1-2,4-5,12H,3,6H2. The number of phenols is 1. The minimum Gasteiger partial charge on any atom is -0.508 e. The largest absolute Gasteiger partial charge is 0.508 e. The van der Waals surface area contributed by atoms with Crippen LogP contribution in [0.5, 0.6) is 5.75 Å². The zero-order valence-corrected chi connectivity index (χ0v) is 7.21. The number of rotatable bonds is 3. The third kappa shape index (κ3) is 1.98. The molecule has 0 aliphatic rings. The average molecular weight is 185 g/mol. The molecule has 12 heavy (non-hydrogen) atoms. The van der Waals surface area contributed by atoms with Gasteiger partial charge in [0.1, 0.15) is 12.0 Å². The fourth-order valence-electron chi connectivity index (χ4n) is 0.975. The van der Waals surface area contributed by atoms with Gasteiger partial charge in [0.2, 0.25) is 0 Å². The first-order valence-corrected chi connectivity index (χ1v) is 4.11. The molecule has 0 bridgehead atoms. The summed E-state index contributed by atoms with van der Waals surface area (Å²) in [5.74, 6) is 0.544. The van der Waals surface area contributed by atoms with Gasteiger partial charge < -0.3 is 9.90 Å². The summed E-state index contributed by atoms with van der Waals surface area (Å²) in [6.45, 7) is 0. The molecule has 1 aromatic carbocycles.